The van der Waals surface area contributed by atoms with E-state index < -0.39 is 0 Å². The first-order valence-electron chi connectivity index (χ1n) is 6.15. The zero-order chi connectivity index (χ0) is 13.8. The molecule has 0 aliphatic heterocycles. The van der Waals surface area contributed by atoms with Crippen LogP contribution in [-0.2, 0) is 4.79 Å². The second kappa shape index (κ2) is 6.23. The zero-order valence-corrected chi connectivity index (χ0v) is 12.1. The van der Waals surface area contributed by atoms with Gasteiger partial charge in [0.25, 0.3) is 0 Å². The number of rotatable bonds is 4. The Morgan fingerprint density at radius 2 is 1.26 bits per heavy atom. The van der Waals surface area contributed by atoms with Crippen molar-refractivity contribution in [3.63, 3.8) is 0 Å². The van der Waals surface area contributed by atoms with Crippen molar-refractivity contribution < 1.29 is 4.79 Å². The molecule has 0 saturated carbocycles. The Bertz CT molecular complexity index is 513. The highest BCUT2D eigenvalue weighted by Crippen LogP contribution is 2.28. The molecule has 0 amide bonds. The number of benzene rings is 2. The highest BCUT2D eigenvalue weighted by atomic mass is 35.5. The van der Waals surface area contributed by atoms with Crippen LogP contribution in [0.3, 0.4) is 0 Å². The third-order valence-electron chi connectivity index (χ3n) is 3.08. The van der Waals surface area contributed by atoms with Crippen molar-refractivity contribution in [2.24, 2.45) is 0 Å². The average Bonchev–Trinajstić information content (AvgIpc) is 2.43. The molecule has 0 aliphatic rings. The van der Waals surface area contributed by atoms with Crippen LogP contribution in [0.2, 0.25) is 10.0 Å². The predicted octanol–water partition coefficient (Wildman–Crippen LogP) is 5.10. The molecule has 19 heavy (non-hydrogen) atoms. The lowest BCUT2D eigenvalue weighted by Gasteiger charge is -2.16. The summed E-state index contributed by atoms with van der Waals surface area (Å²) in [6.07, 6.45) is 0.496. The maximum atomic E-state index is 12.2. The lowest BCUT2D eigenvalue weighted by atomic mass is 9.87. The minimum atomic E-state index is -0.250. The Labute approximate surface area is 123 Å². The van der Waals surface area contributed by atoms with Gasteiger partial charge in [-0.05, 0) is 35.4 Å². The van der Waals surface area contributed by atoms with E-state index in [1.807, 2.05) is 55.5 Å². The molecule has 0 N–H and O–H groups in total. The summed E-state index contributed by atoms with van der Waals surface area (Å²) in [4.78, 5) is 12.2. The molecule has 0 fully saturated rings. The van der Waals surface area contributed by atoms with Gasteiger partial charge in [-0.3, -0.25) is 4.79 Å². The van der Waals surface area contributed by atoms with Gasteiger partial charge in [0.1, 0.15) is 5.78 Å². The Morgan fingerprint density at radius 3 is 1.58 bits per heavy atom. The zero-order valence-electron chi connectivity index (χ0n) is 10.6. The minimum Gasteiger partial charge on any atom is -0.299 e. The molecular weight excluding hydrogens is 279 g/mol. The van der Waals surface area contributed by atoms with Crippen LogP contribution in [0, 0.1) is 0 Å². The summed E-state index contributed by atoms with van der Waals surface area (Å²) in [6, 6.07) is 14.8. The maximum Gasteiger partial charge on any atom is 0.144 e. The number of Topliss-reactive ketones (excluding diaryl/α,β-unsaturated/α-hetero) is 1. The SMILES string of the molecule is CCC(=O)C(c1ccc(Cl)cc1)c1ccc(Cl)cc1. The molecule has 0 heterocycles. The summed E-state index contributed by atoms with van der Waals surface area (Å²) in [5.41, 5.74) is 1.91. The van der Waals surface area contributed by atoms with Crippen LogP contribution < -0.4 is 0 Å². The second-order valence-corrected chi connectivity index (χ2v) is 5.23. The first-order chi connectivity index (χ1) is 9.11. The van der Waals surface area contributed by atoms with E-state index >= 15 is 0 Å². The van der Waals surface area contributed by atoms with Crippen LogP contribution in [0.4, 0.5) is 0 Å². The van der Waals surface area contributed by atoms with Crippen molar-refractivity contribution in [1.29, 1.82) is 0 Å². The van der Waals surface area contributed by atoms with Crippen molar-refractivity contribution >= 4 is 29.0 Å². The second-order valence-electron chi connectivity index (χ2n) is 4.36. The van der Waals surface area contributed by atoms with Gasteiger partial charge in [-0.2, -0.15) is 0 Å². The summed E-state index contributed by atoms with van der Waals surface area (Å²) < 4.78 is 0. The van der Waals surface area contributed by atoms with E-state index in [2.05, 4.69) is 0 Å². The van der Waals surface area contributed by atoms with Crippen molar-refractivity contribution in [1.82, 2.24) is 0 Å². The van der Waals surface area contributed by atoms with Crippen LogP contribution in [0.5, 0.6) is 0 Å². The molecule has 2 rings (SSSR count). The van der Waals surface area contributed by atoms with Crippen LogP contribution in [0.25, 0.3) is 0 Å². The van der Waals surface area contributed by atoms with Crippen molar-refractivity contribution in [2.45, 2.75) is 19.3 Å². The first kappa shape index (κ1) is 14.1. The van der Waals surface area contributed by atoms with Crippen molar-refractivity contribution in [3.05, 3.63) is 69.7 Å². The van der Waals surface area contributed by atoms with Gasteiger partial charge in [0.05, 0.1) is 5.92 Å². The fourth-order valence-electron chi connectivity index (χ4n) is 2.08. The van der Waals surface area contributed by atoms with Crippen molar-refractivity contribution in [3.8, 4) is 0 Å². The maximum absolute atomic E-state index is 12.2. The van der Waals surface area contributed by atoms with Gasteiger partial charge < -0.3 is 0 Å². The van der Waals surface area contributed by atoms with Gasteiger partial charge in [-0.1, -0.05) is 54.4 Å². The summed E-state index contributed by atoms with van der Waals surface area (Å²) in [7, 11) is 0. The topological polar surface area (TPSA) is 17.1 Å². The Balaban J connectivity index is 2.44. The molecule has 0 radical (unpaired) electrons. The normalized spacial score (nSPS) is 10.7. The van der Waals surface area contributed by atoms with Gasteiger partial charge in [0.15, 0.2) is 0 Å². The number of carbonyl (C=O) groups excluding carboxylic acids is 1. The van der Waals surface area contributed by atoms with Gasteiger partial charge in [0.2, 0.25) is 0 Å². The van der Waals surface area contributed by atoms with E-state index in [4.69, 9.17) is 23.2 Å². The Kier molecular flexibility index (Phi) is 4.62. The van der Waals surface area contributed by atoms with Crippen LogP contribution in [0.1, 0.15) is 30.4 Å². The van der Waals surface area contributed by atoms with Gasteiger partial charge in [-0.15, -0.1) is 0 Å². The van der Waals surface area contributed by atoms with Crippen LogP contribution >= 0.6 is 23.2 Å². The summed E-state index contributed by atoms with van der Waals surface area (Å²) in [5, 5.41) is 1.34. The summed E-state index contributed by atoms with van der Waals surface area (Å²) in [6.45, 7) is 1.88. The fraction of sp³-hybridized carbons (Fsp3) is 0.188. The van der Waals surface area contributed by atoms with E-state index in [0.717, 1.165) is 11.1 Å². The van der Waals surface area contributed by atoms with E-state index in [1.54, 1.807) is 0 Å². The van der Waals surface area contributed by atoms with Crippen LogP contribution in [0.15, 0.2) is 48.5 Å². The molecule has 0 aromatic heterocycles. The molecule has 2 aromatic carbocycles. The molecule has 0 bridgehead atoms. The lowest BCUT2D eigenvalue weighted by molar-refractivity contribution is -0.119. The number of hydrogen-bond acceptors (Lipinski definition) is 1. The standard InChI is InChI=1S/C16H14Cl2O/c1-2-15(19)16(11-3-7-13(17)8-4-11)12-5-9-14(18)10-6-12/h3-10,16H,2H2,1H3. The number of ketones is 1. The van der Waals surface area contributed by atoms with E-state index in [1.165, 1.54) is 0 Å². The number of hydrogen-bond donors (Lipinski definition) is 0. The predicted molar refractivity (Wildman–Crippen MR) is 80.0 cm³/mol. The monoisotopic (exact) mass is 292 g/mol. The summed E-state index contributed by atoms with van der Waals surface area (Å²) in [5.74, 6) is -0.0656. The molecular formula is C16H14Cl2O. The van der Waals surface area contributed by atoms with Crippen LogP contribution in [-0.4, -0.2) is 5.78 Å². The molecule has 98 valence electrons. The highest BCUT2D eigenvalue weighted by molar-refractivity contribution is 6.30. The molecule has 0 spiro atoms. The molecule has 2 aromatic rings. The van der Waals surface area contributed by atoms with Crippen molar-refractivity contribution in [2.75, 3.05) is 0 Å². The van der Waals surface area contributed by atoms with Gasteiger partial charge in [0, 0.05) is 16.5 Å². The average molecular weight is 293 g/mol. The smallest absolute Gasteiger partial charge is 0.144 e. The van der Waals surface area contributed by atoms with Gasteiger partial charge >= 0.3 is 0 Å². The van der Waals surface area contributed by atoms with Gasteiger partial charge in [-0.25, -0.2) is 0 Å². The van der Waals surface area contributed by atoms with E-state index in [0.29, 0.717) is 16.5 Å². The fourth-order valence-corrected chi connectivity index (χ4v) is 2.33. The molecule has 3 heteroatoms. The van der Waals surface area contributed by atoms with E-state index in [9.17, 15) is 4.79 Å². The molecule has 0 saturated heterocycles. The quantitative estimate of drug-likeness (QED) is 0.766. The number of halogens is 2. The third kappa shape index (κ3) is 3.37. The first-order valence-corrected chi connectivity index (χ1v) is 6.91. The molecule has 1 nitrogen and oxygen atoms in total. The Hall–Kier alpha value is -1.31. The third-order valence-corrected chi connectivity index (χ3v) is 3.58. The number of carbonyl (C=O) groups is 1. The Morgan fingerprint density at radius 1 is 0.895 bits per heavy atom. The van der Waals surface area contributed by atoms with E-state index in [-0.39, 0.29) is 11.7 Å². The molecule has 0 unspecified atom stereocenters. The minimum absolute atomic E-state index is 0.185. The largest absolute Gasteiger partial charge is 0.299 e. The lowest BCUT2D eigenvalue weighted by Crippen LogP contribution is -2.12. The molecule has 0 aliphatic carbocycles. The molecule has 0 atom stereocenters. The summed E-state index contributed by atoms with van der Waals surface area (Å²) >= 11 is 11.8. The highest BCUT2D eigenvalue weighted by Gasteiger charge is 2.20.